The predicted molar refractivity (Wildman–Crippen MR) is 116 cm³/mol. The van der Waals surface area contributed by atoms with Crippen LogP contribution in [-0.4, -0.2) is 18.2 Å². The molecule has 0 aromatic heterocycles. The predicted octanol–water partition coefficient (Wildman–Crippen LogP) is 6.66. The summed E-state index contributed by atoms with van der Waals surface area (Å²) < 4.78 is 11.4. The standard InChI is InChI=1S/C25H30O3/c1-25(2,3)28-24(26)15-6-4-5-9-16-27-23-14-10-13-21-17-19-11-7-8-12-20(19)18-22(21)23/h7-8,10-14,17-18H,4-6,9,15-16H2,1-3H3. The highest BCUT2D eigenvalue weighted by molar-refractivity contribution is 6.00. The Kier molecular flexibility index (Phi) is 6.56. The van der Waals surface area contributed by atoms with Gasteiger partial charge in [0.15, 0.2) is 0 Å². The molecule has 0 aliphatic heterocycles. The molecule has 0 bridgehead atoms. The van der Waals surface area contributed by atoms with Crippen LogP contribution in [0.4, 0.5) is 0 Å². The van der Waals surface area contributed by atoms with Crippen molar-refractivity contribution in [2.24, 2.45) is 0 Å². The summed E-state index contributed by atoms with van der Waals surface area (Å²) in [6.45, 7) is 6.40. The van der Waals surface area contributed by atoms with Crippen LogP contribution in [0.2, 0.25) is 0 Å². The molecule has 0 saturated heterocycles. The molecule has 0 unspecified atom stereocenters. The Labute approximate surface area is 167 Å². The third-order valence-corrected chi connectivity index (χ3v) is 4.66. The molecule has 0 radical (unpaired) electrons. The number of hydrogen-bond acceptors (Lipinski definition) is 3. The lowest BCUT2D eigenvalue weighted by molar-refractivity contribution is -0.154. The van der Waals surface area contributed by atoms with Crippen molar-refractivity contribution < 1.29 is 14.3 Å². The van der Waals surface area contributed by atoms with Crippen LogP contribution < -0.4 is 4.74 Å². The van der Waals surface area contributed by atoms with Gasteiger partial charge in [-0.1, -0.05) is 49.2 Å². The topological polar surface area (TPSA) is 35.5 Å². The lowest BCUT2D eigenvalue weighted by atomic mass is 10.0. The van der Waals surface area contributed by atoms with Crippen LogP contribution in [0, 0.1) is 0 Å². The number of hydrogen-bond donors (Lipinski definition) is 0. The second kappa shape index (κ2) is 9.09. The maximum atomic E-state index is 11.7. The number of ether oxygens (including phenoxy) is 2. The SMILES string of the molecule is CC(C)(C)OC(=O)CCCCCCOc1cccc2cc3ccccc3cc12. The summed E-state index contributed by atoms with van der Waals surface area (Å²) in [5.41, 5.74) is -0.394. The molecule has 3 rings (SSSR count). The van der Waals surface area contributed by atoms with E-state index in [4.69, 9.17) is 9.47 Å². The van der Waals surface area contributed by atoms with Gasteiger partial charge in [0.2, 0.25) is 0 Å². The van der Waals surface area contributed by atoms with Gasteiger partial charge in [0.1, 0.15) is 11.4 Å². The van der Waals surface area contributed by atoms with E-state index in [9.17, 15) is 4.79 Å². The average molecular weight is 379 g/mol. The fraction of sp³-hybridized carbons (Fsp3) is 0.400. The van der Waals surface area contributed by atoms with Gasteiger partial charge in [-0.15, -0.1) is 0 Å². The maximum Gasteiger partial charge on any atom is 0.306 e. The van der Waals surface area contributed by atoms with Crippen LogP contribution >= 0.6 is 0 Å². The molecule has 0 atom stereocenters. The highest BCUT2D eigenvalue weighted by Crippen LogP contribution is 2.30. The second-order valence-corrected chi connectivity index (χ2v) is 8.28. The smallest absolute Gasteiger partial charge is 0.306 e. The first-order valence-electron chi connectivity index (χ1n) is 10.2. The highest BCUT2D eigenvalue weighted by atomic mass is 16.6. The van der Waals surface area contributed by atoms with Gasteiger partial charge in [0, 0.05) is 11.8 Å². The quantitative estimate of drug-likeness (QED) is 0.250. The Bertz CT molecular complexity index is 937. The van der Waals surface area contributed by atoms with E-state index in [0.717, 1.165) is 36.8 Å². The maximum absolute atomic E-state index is 11.7. The molecule has 0 spiro atoms. The van der Waals surface area contributed by atoms with Gasteiger partial charge in [-0.3, -0.25) is 4.79 Å². The molecular formula is C25H30O3. The highest BCUT2D eigenvalue weighted by Gasteiger charge is 2.15. The van der Waals surface area contributed by atoms with E-state index in [1.807, 2.05) is 32.9 Å². The van der Waals surface area contributed by atoms with Crippen molar-refractivity contribution in [1.82, 2.24) is 0 Å². The van der Waals surface area contributed by atoms with Crippen molar-refractivity contribution in [3.8, 4) is 5.75 Å². The normalized spacial score (nSPS) is 11.7. The zero-order valence-corrected chi connectivity index (χ0v) is 17.2. The van der Waals surface area contributed by atoms with E-state index < -0.39 is 5.60 Å². The van der Waals surface area contributed by atoms with Crippen molar-refractivity contribution in [2.45, 2.75) is 58.5 Å². The fourth-order valence-electron chi connectivity index (χ4n) is 3.36. The summed E-state index contributed by atoms with van der Waals surface area (Å²) >= 11 is 0. The summed E-state index contributed by atoms with van der Waals surface area (Å²) in [4.78, 5) is 11.7. The Morgan fingerprint density at radius 3 is 2.25 bits per heavy atom. The first-order valence-corrected chi connectivity index (χ1v) is 10.2. The molecular weight excluding hydrogens is 348 g/mol. The first-order chi connectivity index (χ1) is 13.4. The van der Waals surface area contributed by atoms with Crippen LogP contribution in [0.15, 0.2) is 54.6 Å². The zero-order valence-electron chi connectivity index (χ0n) is 17.2. The molecule has 0 saturated carbocycles. The van der Waals surface area contributed by atoms with E-state index in [2.05, 4.69) is 42.5 Å². The molecule has 3 nitrogen and oxygen atoms in total. The number of unbranched alkanes of at least 4 members (excludes halogenated alkanes) is 3. The molecule has 148 valence electrons. The number of fused-ring (bicyclic) bond motifs is 2. The van der Waals surface area contributed by atoms with E-state index in [-0.39, 0.29) is 5.97 Å². The number of rotatable bonds is 8. The third-order valence-electron chi connectivity index (χ3n) is 4.66. The monoisotopic (exact) mass is 378 g/mol. The lowest BCUT2D eigenvalue weighted by Crippen LogP contribution is -2.23. The Morgan fingerprint density at radius 2 is 1.50 bits per heavy atom. The average Bonchev–Trinajstić information content (AvgIpc) is 2.64. The van der Waals surface area contributed by atoms with E-state index in [0.29, 0.717) is 13.0 Å². The van der Waals surface area contributed by atoms with Crippen molar-refractivity contribution in [3.05, 3.63) is 54.6 Å². The molecule has 28 heavy (non-hydrogen) atoms. The van der Waals surface area contributed by atoms with Crippen LogP contribution in [0.5, 0.6) is 5.75 Å². The van der Waals surface area contributed by atoms with Gasteiger partial charge in [0.25, 0.3) is 0 Å². The van der Waals surface area contributed by atoms with Crippen LogP contribution in [0.1, 0.15) is 52.9 Å². The number of esters is 1. The van der Waals surface area contributed by atoms with Gasteiger partial charge < -0.3 is 9.47 Å². The van der Waals surface area contributed by atoms with Gasteiger partial charge >= 0.3 is 5.97 Å². The first kappa shape index (κ1) is 20.2. The molecule has 3 heteroatoms. The number of benzene rings is 3. The largest absolute Gasteiger partial charge is 0.493 e. The molecule has 3 aromatic carbocycles. The van der Waals surface area contributed by atoms with E-state index in [1.54, 1.807) is 0 Å². The molecule has 0 aliphatic carbocycles. The molecule has 0 heterocycles. The summed E-state index contributed by atoms with van der Waals surface area (Å²) in [5.74, 6) is 0.837. The molecule has 0 N–H and O–H groups in total. The Hall–Kier alpha value is -2.55. The van der Waals surface area contributed by atoms with Crippen LogP contribution in [-0.2, 0) is 9.53 Å². The van der Waals surface area contributed by atoms with Crippen molar-refractivity contribution in [2.75, 3.05) is 6.61 Å². The minimum atomic E-state index is -0.394. The third kappa shape index (κ3) is 5.72. The minimum absolute atomic E-state index is 0.105. The summed E-state index contributed by atoms with van der Waals surface area (Å²) in [6, 6.07) is 19.1. The van der Waals surface area contributed by atoms with Crippen molar-refractivity contribution in [1.29, 1.82) is 0 Å². The van der Waals surface area contributed by atoms with E-state index >= 15 is 0 Å². The zero-order chi connectivity index (χ0) is 20.0. The van der Waals surface area contributed by atoms with Crippen molar-refractivity contribution >= 4 is 27.5 Å². The van der Waals surface area contributed by atoms with Gasteiger partial charge in [-0.2, -0.15) is 0 Å². The number of carbonyl (C=O) groups is 1. The van der Waals surface area contributed by atoms with E-state index in [1.165, 1.54) is 16.2 Å². The molecule has 3 aromatic rings. The van der Waals surface area contributed by atoms with Crippen molar-refractivity contribution in [3.63, 3.8) is 0 Å². The van der Waals surface area contributed by atoms with Crippen LogP contribution in [0.3, 0.4) is 0 Å². The molecule has 0 fully saturated rings. The second-order valence-electron chi connectivity index (χ2n) is 8.28. The summed E-state index contributed by atoms with van der Waals surface area (Å²) in [5, 5.41) is 4.84. The van der Waals surface area contributed by atoms with Gasteiger partial charge in [0.05, 0.1) is 6.61 Å². The fourth-order valence-corrected chi connectivity index (χ4v) is 3.36. The number of carbonyl (C=O) groups excluding carboxylic acids is 1. The van der Waals surface area contributed by atoms with Gasteiger partial charge in [-0.05, 0) is 68.0 Å². The lowest BCUT2D eigenvalue weighted by Gasteiger charge is -2.19. The summed E-state index contributed by atoms with van der Waals surface area (Å²) in [7, 11) is 0. The molecule has 0 amide bonds. The van der Waals surface area contributed by atoms with Crippen LogP contribution in [0.25, 0.3) is 21.5 Å². The van der Waals surface area contributed by atoms with Gasteiger partial charge in [-0.25, -0.2) is 0 Å². The molecule has 0 aliphatic rings. The summed E-state index contributed by atoms with van der Waals surface area (Å²) in [6.07, 6.45) is 4.42. The Morgan fingerprint density at radius 1 is 0.821 bits per heavy atom. The minimum Gasteiger partial charge on any atom is -0.493 e. The Balaban J connectivity index is 1.46.